The molecule has 0 aromatic carbocycles. The van der Waals surface area contributed by atoms with Gasteiger partial charge in [-0.25, -0.2) is 4.98 Å². The highest BCUT2D eigenvalue weighted by Gasteiger charge is 2.66. The number of nitrogens with two attached hydrogens (primary N) is 2. The Morgan fingerprint density at radius 3 is 2.50 bits per heavy atom. The van der Waals surface area contributed by atoms with Gasteiger partial charge in [0.1, 0.15) is 5.82 Å². The number of aromatic nitrogens is 1. The number of anilines is 1. The molecule has 3 heterocycles. The molecule has 0 unspecified atom stereocenters. The van der Waals surface area contributed by atoms with Crippen LogP contribution in [0.25, 0.3) is 0 Å². The number of pyridine rings is 1. The molecule has 2 saturated heterocycles. The highest BCUT2D eigenvalue weighted by Crippen LogP contribution is 2.65. The van der Waals surface area contributed by atoms with E-state index in [1.165, 1.54) is 82.6 Å². The van der Waals surface area contributed by atoms with E-state index in [1.54, 1.807) is 0 Å². The van der Waals surface area contributed by atoms with Gasteiger partial charge in [-0.2, -0.15) is 0 Å². The average Bonchev–Trinajstić information content (AvgIpc) is 3.54. The topological polar surface area (TPSA) is 94.4 Å². The first-order valence-electron chi connectivity index (χ1n) is 15.1. The molecule has 200 valence electrons. The second-order valence-corrected chi connectivity index (χ2v) is 14.0. The van der Waals surface area contributed by atoms with Crippen molar-refractivity contribution in [3.63, 3.8) is 0 Å². The van der Waals surface area contributed by atoms with Crippen molar-refractivity contribution in [1.29, 1.82) is 0 Å². The Balaban J connectivity index is 1.33. The first-order valence-corrected chi connectivity index (χ1v) is 15.1. The van der Waals surface area contributed by atoms with Crippen LogP contribution >= 0.6 is 0 Å². The third-order valence-corrected chi connectivity index (χ3v) is 11.8. The predicted octanol–water partition coefficient (Wildman–Crippen LogP) is 5.78. The molecule has 5 nitrogen and oxygen atoms in total. The molecular weight excluding hydrogens is 446 g/mol. The lowest BCUT2D eigenvalue weighted by atomic mass is 9.49. The summed E-state index contributed by atoms with van der Waals surface area (Å²) in [5.74, 6) is 2.80. The lowest BCUT2D eigenvalue weighted by molar-refractivity contribution is -0.312. The van der Waals surface area contributed by atoms with Crippen molar-refractivity contribution in [1.82, 2.24) is 4.98 Å². The molecule has 5 N–H and O–H groups in total. The molecule has 2 aliphatic heterocycles. The fourth-order valence-corrected chi connectivity index (χ4v) is 10.4. The van der Waals surface area contributed by atoms with Gasteiger partial charge in [-0.3, -0.25) is 0 Å². The van der Waals surface area contributed by atoms with Gasteiger partial charge in [-0.15, -0.1) is 0 Å². The average molecular weight is 496 g/mol. The molecule has 6 atom stereocenters. The second kappa shape index (κ2) is 9.24. The Hall–Kier alpha value is -1.17. The number of aliphatic hydroxyl groups is 1. The molecule has 0 radical (unpaired) electrons. The maximum absolute atomic E-state index is 10.1. The van der Waals surface area contributed by atoms with Crippen molar-refractivity contribution in [2.45, 2.75) is 126 Å². The predicted molar refractivity (Wildman–Crippen MR) is 144 cm³/mol. The first-order chi connectivity index (χ1) is 17.3. The monoisotopic (exact) mass is 495 g/mol. The van der Waals surface area contributed by atoms with Crippen LogP contribution in [0, 0.1) is 29.1 Å². The van der Waals surface area contributed by atoms with E-state index in [1.807, 2.05) is 12.3 Å². The lowest BCUT2D eigenvalue weighted by Gasteiger charge is -2.68. The third kappa shape index (κ3) is 4.22. The fourth-order valence-electron chi connectivity index (χ4n) is 10.4. The summed E-state index contributed by atoms with van der Waals surface area (Å²) in [6.45, 7) is 2.61. The molecule has 4 aliphatic carbocycles. The molecule has 2 bridgehead atoms. The number of aliphatic hydroxyl groups excluding tert-OH is 1. The number of nitrogens with zero attached hydrogens (tertiary/aromatic N) is 1. The summed E-state index contributed by atoms with van der Waals surface area (Å²) in [4.78, 5) is 4.39. The molecule has 6 fully saturated rings. The summed E-state index contributed by atoms with van der Waals surface area (Å²) < 4.78 is 7.55. The van der Waals surface area contributed by atoms with Crippen molar-refractivity contribution in [3.8, 4) is 0 Å². The number of ether oxygens (including phenoxy) is 1. The van der Waals surface area contributed by atoms with Gasteiger partial charge in [-0.1, -0.05) is 31.7 Å². The molecule has 4 saturated carbocycles. The highest BCUT2D eigenvalue weighted by atomic mass is 16.5. The van der Waals surface area contributed by atoms with E-state index in [4.69, 9.17) is 16.2 Å². The Labute approximate surface area is 218 Å². The van der Waals surface area contributed by atoms with Crippen molar-refractivity contribution in [2.75, 3.05) is 12.3 Å². The van der Waals surface area contributed by atoms with Crippen LogP contribution in [0.2, 0.25) is 0 Å². The third-order valence-electron chi connectivity index (χ3n) is 11.8. The molecule has 6 aliphatic rings. The van der Waals surface area contributed by atoms with Crippen LogP contribution in [0.3, 0.4) is 0 Å². The first kappa shape index (κ1) is 25.1. The van der Waals surface area contributed by atoms with E-state index in [2.05, 4.69) is 18.0 Å². The molecule has 1 spiro atoms. The Kier molecular flexibility index (Phi) is 6.45. The van der Waals surface area contributed by atoms with Crippen molar-refractivity contribution in [2.24, 2.45) is 34.8 Å². The Bertz CT molecular complexity index is 924. The van der Waals surface area contributed by atoms with Crippen LogP contribution in [-0.2, 0) is 11.2 Å². The van der Waals surface area contributed by atoms with Gasteiger partial charge in [0.15, 0.2) is 0 Å². The molecular formula is C31H49N3O2. The molecule has 36 heavy (non-hydrogen) atoms. The number of rotatable bonds is 6. The van der Waals surface area contributed by atoms with E-state index in [0.29, 0.717) is 41.3 Å². The fraction of sp³-hybridized carbons (Fsp3) is 0.839. The Morgan fingerprint density at radius 2 is 1.81 bits per heavy atom. The largest absolute Gasteiger partial charge is 0.396 e. The molecule has 7 rings (SSSR count). The van der Waals surface area contributed by atoms with Gasteiger partial charge in [0, 0.05) is 24.3 Å². The maximum Gasteiger partial charge on any atom is 0.123 e. The molecule has 0 amide bonds. The van der Waals surface area contributed by atoms with E-state index in [9.17, 15) is 5.11 Å². The van der Waals surface area contributed by atoms with Gasteiger partial charge in [0.05, 0.1) is 11.2 Å². The van der Waals surface area contributed by atoms with Crippen molar-refractivity contribution < 1.29 is 9.84 Å². The number of nitrogen functional groups attached to an aromatic ring is 1. The normalized spacial score (nSPS) is 42.4. The summed E-state index contributed by atoms with van der Waals surface area (Å²) in [7, 11) is 0. The van der Waals surface area contributed by atoms with Crippen LogP contribution in [0.1, 0.15) is 109 Å². The molecule has 1 aromatic heterocycles. The second-order valence-electron chi connectivity index (χ2n) is 14.0. The minimum absolute atomic E-state index is 0.135. The van der Waals surface area contributed by atoms with Crippen LogP contribution < -0.4 is 11.5 Å². The van der Waals surface area contributed by atoms with Crippen LogP contribution in [0.5, 0.6) is 0 Å². The summed E-state index contributed by atoms with van der Waals surface area (Å²) in [6, 6.07) is 4.13. The summed E-state index contributed by atoms with van der Waals surface area (Å²) in [5, 5.41) is 10.1. The highest BCUT2D eigenvalue weighted by molar-refractivity contribution is 5.29. The summed E-state index contributed by atoms with van der Waals surface area (Å²) in [5.41, 5.74) is 14.4. The minimum atomic E-state index is -0.306. The van der Waals surface area contributed by atoms with E-state index >= 15 is 0 Å². The Morgan fingerprint density at radius 1 is 1.03 bits per heavy atom. The quantitative estimate of drug-likeness (QED) is 0.465. The zero-order valence-electron chi connectivity index (χ0n) is 22.5. The van der Waals surface area contributed by atoms with Gasteiger partial charge < -0.3 is 21.3 Å². The van der Waals surface area contributed by atoms with Crippen molar-refractivity contribution in [3.05, 3.63) is 23.9 Å². The SMILES string of the molecule is C[C@]1(C2CCCC2)O[C@@]2([C@@H]3C[C@H](Cc4ccc(N)nc4)CC4(CCCC4)C3)CC[C@@H]1[C@](N)(CCO)C2. The number of fused-ring (bicyclic) bond motifs is 3. The van der Waals surface area contributed by atoms with Gasteiger partial charge in [0.2, 0.25) is 0 Å². The van der Waals surface area contributed by atoms with Crippen LogP contribution in [0.4, 0.5) is 5.82 Å². The van der Waals surface area contributed by atoms with E-state index < -0.39 is 0 Å². The van der Waals surface area contributed by atoms with Gasteiger partial charge in [-0.05, 0) is 119 Å². The van der Waals surface area contributed by atoms with Gasteiger partial charge in [0.25, 0.3) is 0 Å². The number of hydrogen-bond acceptors (Lipinski definition) is 5. The summed E-state index contributed by atoms with van der Waals surface area (Å²) in [6.07, 6.45) is 21.6. The van der Waals surface area contributed by atoms with E-state index in [-0.39, 0.29) is 23.3 Å². The van der Waals surface area contributed by atoms with Crippen LogP contribution in [0.15, 0.2) is 18.3 Å². The standard InChI is InChI=1S/C31H49N3O2/c1-28(24-6-2-3-7-24)26-10-13-31(36-28,21-30(26,33)14-15-35)25-17-23(16-22-8-9-27(32)34-20-22)18-29(19-25)11-4-5-12-29/h8-9,20,23-26,35H,2-7,10-19,21,33H2,1H3,(H2,32,34)/t23-,25+,26-,28+,30-,31-/m0/s1. The number of hydrogen-bond donors (Lipinski definition) is 3. The zero-order chi connectivity index (χ0) is 25.0. The van der Waals surface area contributed by atoms with Crippen LogP contribution in [-0.4, -0.2) is 33.4 Å². The zero-order valence-corrected chi connectivity index (χ0v) is 22.5. The summed E-state index contributed by atoms with van der Waals surface area (Å²) >= 11 is 0. The van der Waals surface area contributed by atoms with E-state index in [0.717, 1.165) is 19.3 Å². The molecule has 1 aromatic rings. The van der Waals surface area contributed by atoms with Crippen molar-refractivity contribution >= 4 is 5.82 Å². The maximum atomic E-state index is 10.1. The minimum Gasteiger partial charge on any atom is -0.396 e. The van der Waals surface area contributed by atoms with Gasteiger partial charge >= 0.3 is 0 Å². The smallest absolute Gasteiger partial charge is 0.123 e. The molecule has 5 heteroatoms. The lowest BCUT2D eigenvalue weighted by Crippen LogP contribution is -2.74.